The number of H-pyrrole nitrogens is 1. The zero-order valence-electron chi connectivity index (χ0n) is 14.8. The van der Waals surface area contributed by atoms with Gasteiger partial charge in [0.05, 0.1) is 33.4 Å². The predicted molar refractivity (Wildman–Crippen MR) is 111 cm³/mol. The molecule has 1 aliphatic heterocycles. The van der Waals surface area contributed by atoms with Crippen LogP contribution < -0.4 is 0 Å². The van der Waals surface area contributed by atoms with Gasteiger partial charge in [0.15, 0.2) is 0 Å². The number of carbonyl (C=O) groups excluding carboxylic acids is 1. The van der Waals surface area contributed by atoms with Gasteiger partial charge in [-0.25, -0.2) is 15.0 Å². The smallest absolute Gasteiger partial charge is 0.223 e. The summed E-state index contributed by atoms with van der Waals surface area (Å²) < 4.78 is 1.76. The first-order valence-electron chi connectivity index (χ1n) is 8.96. The van der Waals surface area contributed by atoms with Gasteiger partial charge in [0.25, 0.3) is 0 Å². The van der Waals surface area contributed by atoms with E-state index >= 15 is 0 Å². The molecule has 1 aliphatic rings. The number of benzene rings is 1. The van der Waals surface area contributed by atoms with Crippen LogP contribution in [0.3, 0.4) is 0 Å². The largest absolute Gasteiger partial charge is 0.348 e. The second-order valence-corrected chi connectivity index (χ2v) is 9.39. The molecule has 9 heteroatoms. The van der Waals surface area contributed by atoms with Gasteiger partial charge in [0, 0.05) is 31.5 Å². The summed E-state index contributed by atoms with van der Waals surface area (Å²) in [7, 11) is 0. The number of rotatable bonds is 4. The van der Waals surface area contributed by atoms with Crippen LogP contribution >= 0.6 is 34.3 Å². The fourth-order valence-electron chi connectivity index (χ4n) is 3.56. The summed E-state index contributed by atoms with van der Waals surface area (Å²) in [6.07, 6.45) is 5.09. The standard InChI is InChI=1S/C19H16ClN5OS2/c20-14-9-21-15(28-14)5-6-16(26)25-8-7-12-17(23-10-22-12)18(25)19-24-11-3-1-2-4-13(11)27-19/h1-4,9-10,18H,5-8H2,(H,22,23)/t18-/m0/s1. The molecular formula is C19H16ClN5OS2. The van der Waals surface area contributed by atoms with Crippen LogP contribution in [0.1, 0.15) is 33.9 Å². The number of imidazole rings is 1. The Bertz CT molecular complexity index is 1120. The van der Waals surface area contributed by atoms with Crippen LogP contribution in [0.4, 0.5) is 0 Å². The minimum atomic E-state index is -0.250. The molecule has 0 fully saturated rings. The normalized spacial score (nSPS) is 16.5. The summed E-state index contributed by atoms with van der Waals surface area (Å²) in [4.78, 5) is 31.8. The van der Waals surface area contributed by atoms with Crippen molar-refractivity contribution < 1.29 is 4.79 Å². The van der Waals surface area contributed by atoms with Crippen molar-refractivity contribution in [1.29, 1.82) is 0 Å². The third kappa shape index (κ3) is 3.21. The van der Waals surface area contributed by atoms with Crippen LogP contribution in [0, 0.1) is 0 Å². The summed E-state index contributed by atoms with van der Waals surface area (Å²) in [6.45, 7) is 0.646. The molecule has 1 aromatic carbocycles. The number of aromatic amines is 1. The van der Waals surface area contributed by atoms with Crippen LogP contribution in [-0.4, -0.2) is 37.3 Å². The van der Waals surface area contributed by atoms with E-state index in [0.717, 1.165) is 38.0 Å². The zero-order chi connectivity index (χ0) is 19.1. The first kappa shape index (κ1) is 17.8. The highest BCUT2D eigenvalue weighted by molar-refractivity contribution is 7.18. The van der Waals surface area contributed by atoms with Crippen molar-refractivity contribution in [2.24, 2.45) is 0 Å². The maximum atomic E-state index is 13.1. The van der Waals surface area contributed by atoms with E-state index in [4.69, 9.17) is 16.6 Å². The lowest BCUT2D eigenvalue weighted by atomic mass is 10.0. The molecule has 0 unspecified atom stereocenters. The van der Waals surface area contributed by atoms with Crippen molar-refractivity contribution in [3.63, 3.8) is 0 Å². The van der Waals surface area contributed by atoms with Gasteiger partial charge in [-0.2, -0.15) is 0 Å². The first-order valence-corrected chi connectivity index (χ1v) is 11.0. The van der Waals surface area contributed by atoms with Crippen molar-refractivity contribution in [1.82, 2.24) is 24.8 Å². The van der Waals surface area contributed by atoms with Crippen molar-refractivity contribution in [3.05, 3.63) is 62.5 Å². The van der Waals surface area contributed by atoms with E-state index in [1.54, 1.807) is 23.9 Å². The lowest BCUT2D eigenvalue weighted by Crippen LogP contribution is -2.40. The molecule has 1 atom stereocenters. The van der Waals surface area contributed by atoms with Gasteiger partial charge in [-0.3, -0.25) is 4.79 Å². The molecule has 4 aromatic rings. The Hall–Kier alpha value is -2.29. The van der Waals surface area contributed by atoms with E-state index in [1.807, 2.05) is 23.1 Å². The molecule has 0 aliphatic carbocycles. The summed E-state index contributed by atoms with van der Waals surface area (Å²) in [6, 6.07) is 7.80. The molecule has 0 bridgehead atoms. The number of fused-ring (bicyclic) bond motifs is 2. The number of carbonyl (C=O) groups is 1. The maximum Gasteiger partial charge on any atom is 0.223 e. The lowest BCUT2D eigenvalue weighted by molar-refractivity contribution is -0.133. The Morgan fingerprint density at radius 3 is 3.00 bits per heavy atom. The quantitative estimate of drug-likeness (QED) is 0.526. The van der Waals surface area contributed by atoms with Gasteiger partial charge in [0.1, 0.15) is 15.4 Å². The fraction of sp³-hybridized carbons (Fsp3) is 0.263. The van der Waals surface area contributed by atoms with Gasteiger partial charge in [0.2, 0.25) is 5.91 Å². The third-order valence-corrected chi connectivity index (χ3v) is 7.13. The lowest BCUT2D eigenvalue weighted by Gasteiger charge is -2.33. The van der Waals surface area contributed by atoms with Gasteiger partial charge >= 0.3 is 0 Å². The molecule has 28 heavy (non-hydrogen) atoms. The number of para-hydroxylation sites is 1. The fourth-order valence-corrected chi connectivity index (χ4v) is 5.60. The number of hydrogen-bond donors (Lipinski definition) is 1. The third-order valence-electron chi connectivity index (χ3n) is 4.87. The van der Waals surface area contributed by atoms with Crippen LogP contribution in [-0.2, 0) is 17.6 Å². The number of nitrogens with one attached hydrogen (secondary N) is 1. The number of amides is 1. The summed E-state index contributed by atoms with van der Waals surface area (Å²) in [5.74, 6) is 0.0872. The van der Waals surface area contributed by atoms with Gasteiger partial charge in [-0.05, 0) is 12.1 Å². The minimum Gasteiger partial charge on any atom is -0.348 e. The van der Waals surface area contributed by atoms with Gasteiger partial charge in [-0.15, -0.1) is 22.7 Å². The highest BCUT2D eigenvalue weighted by Crippen LogP contribution is 2.37. The van der Waals surface area contributed by atoms with Crippen LogP contribution in [0.5, 0.6) is 0 Å². The number of nitrogens with zero attached hydrogens (tertiary/aromatic N) is 4. The van der Waals surface area contributed by atoms with Crippen molar-refractivity contribution in [3.8, 4) is 0 Å². The number of hydrogen-bond acceptors (Lipinski definition) is 6. The average Bonchev–Trinajstić information content (AvgIpc) is 3.43. The molecule has 0 saturated carbocycles. The van der Waals surface area contributed by atoms with E-state index in [2.05, 4.69) is 21.0 Å². The summed E-state index contributed by atoms with van der Waals surface area (Å²) in [5, 5.41) is 1.78. The number of aryl methyl sites for hydroxylation is 1. The van der Waals surface area contributed by atoms with Crippen molar-refractivity contribution in [2.75, 3.05) is 6.54 Å². The molecule has 0 saturated heterocycles. The van der Waals surface area contributed by atoms with Crippen LogP contribution in [0.2, 0.25) is 4.34 Å². The highest BCUT2D eigenvalue weighted by atomic mass is 35.5. The topological polar surface area (TPSA) is 74.8 Å². The van der Waals surface area contributed by atoms with Crippen LogP contribution in [0.15, 0.2) is 36.8 Å². The molecule has 3 aromatic heterocycles. The zero-order valence-corrected chi connectivity index (χ0v) is 17.2. The molecule has 0 spiro atoms. The van der Waals surface area contributed by atoms with Crippen LogP contribution in [0.25, 0.3) is 10.2 Å². The van der Waals surface area contributed by atoms with Gasteiger partial charge in [-0.1, -0.05) is 23.7 Å². The number of aromatic nitrogens is 4. The second-order valence-electron chi connectivity index (χ2n) is 6.58. The second kappa shape index (κ2) is 7.27. The maximum absolute atomic E-state index is 13.1. The monoisotopic (exact) mass is 429 g/mol. The van der Waals surface area contributed by atoms with E-state index in [1.165, 1.54) is 11.3 Å². The van der Waals surface area contributed by atoms with E-state index in [9.17, 15) is 4.79 Å². The Morgan fingerprint density at radius 1 is 1.29 bits per heavy atom. The molecule has 1 amide bonds. The predicted octanol–water partition coefficient (Wildman–Crippen LogP) is 4.24. The summed E-state index contributed by atoms with van der Waals surface area (Å²) >= 11 is 9.00. The van der Waals surface area contributed by atoms with E-state index < -0.39 is 0 Å². The van der Waals surface area contributed by atoms with Gasteiger partial charge < -0.3 is 9.88 Å². The first-order chi connectivity index (χ1) is 13.7. The molecule has 142 valence electrons. The average molecular weight is 430 g/mol. The molecular weight excluding hydrogens is 414 g/mol. The minimum absolute atomic E-state index is 0.0872. The number of halogens is 1. The molecule has 1 N–H and O–H groups in total. The SMILES string of the molecule is O=C(CCc1ncc(Cl)s1)N1CCc2[nH]cnc2[C@H]1c1nc2ccccc2s1. The van der Waals surface area contributed by atoms with E-state index in [0.29, 0.717) is 23.7 Å². The van der Waals surface area contributed by atoms with Crippen molar-refractivity contribution in [2.45, 2.75) is 25.3 Å². The highest BCUT2D eigenvalue weighted by Gasteiger charge is 2.35. The summed E-state index contributed by atoms with van der Waals surface area (Å²) in [5.41, 5.74) is 2.94. The molecule has 5 rings (SSSR count). The Morgan fingerprint density at radius 2 is 2.18 bits per heavy atom. The van der Waals surface area contributed by atoms with Crippen molar-refractivity contribution >= 4 is 50.4 Å². The Labute approximate surface area is 174 Å². The molecule has 0 radical (unpaired) electrons. The number of thiazole rings is 2. The molecule has 4 heterocycles. The van der Waals surface area contributed by atoms with E-state index in [-0.39, 0.29) is 11.9 Å². The molecule has 6 nitrogen and oxygen atoms in total. The Balaban J connectivity index is 1.46. The Kier molecular flexibility index (Phi) is 4.62.